The normalized spacial score (nSPS) is 17.5. The molecule has 0 radical (unpaired) electrons. The molecule has 0 bridgehead atoms. The van der Waals surface area contributed by atoms with Gasteiger partial charge in [-0.15, -0.1) is 0 Å². The molecule has 0 aliphatic heterocycles. The summed E-state index contributed by atoms with van der Waals surface area (Å²) >= 11 is 1.69. The number of nitrogens with one attached hydrogen (secondary N) is 1. The summed E-state index contributed by atoms with van der Waals surface area (Å²) in [4.78, 5) is 13.8. The summed E-state index contributed by atoms with van der Waals surface area (Å²) in [7, 11) is 1.99. The van der Waals surface area contributed by atoms with Crippen LogP contribution in [0, 0.1) is 0 Å². The van der Waals surface area contributed by atoms with Gasteiger partial charge in [-0.1, -0.05) is 0 Å². The molecule has 0 aromatic carbocycles. The highest BCUT2D eigenvalue weighted by Crippen LogP contribution is 2.24. The molecule has 2 N–H and O–H groups in total. The van der Waals surface area contributed by atoms with E-state index in [1.54, 1.807) is 11.8 Å². The van der Waals surface area contributed by atoms with E-state index in [-0.39, 0.29) is 18.6 Å². The summed E-state index contributed by atoms with van der Waals surface area (Å²) in [6, 6.07) is 0.711. The summed E-state index contributed by atoms with van der Waals surface area (Å²) in [6.45, 7) is 0.602. The molecule has 1 atom stereocenters. The predicted octanol–water partition coefficient (Wildman–Crippen LogP) is 0.311. The van der Waals surface area contributed by atoms with Gasteiger partial charge in [0.2, 0.25) is 5.91 Å². The molecule has 1 unspecified atom stereocenters. The largest absolute Gasteiger partial charge is 0.396 e. The van der Waals surface area contributed by atoms with Gasteiger partial charge in [0.15, 0.2) is 0 Å². The van der Waals surface area contributed by atoms with Crippen LogP contribution in [0.1, 0.15) is 19.3 Å². The molecular weight excluding hydrogens is 224 g/mol. The monoisotopic (exact) mass is 246 g/mol. The van der Waals surface area contributed by atoms with Crippen molar-refractivity contribution >= 4 is 17.7 Å². The Hall–Kier alpha value is -0.260. The maximum absolute atomic E-state index is 11.7. The molecule has 0 heterocycles. The third-order valence-electron chi connectivity index (χ3n) is 2.77. The number of amides is 1. The van der Waals surface area contributed by atoms with E-state index in [1.165, 1.54) is 12.8 Å². The van der Waals surface area contributed by atoms with Crippen LogP contribution in [0.5, 0.6) is 0 Å². The zero-order chi connectivity index (χ0) is 12.0. The maximum atomic E-state index is 11.7. The smallest absolute Gasteiger partial charge is 0.234 e. The van der Waals surface area contributed by atoms with Gasteiger partial charge >= 0.3 is 0 Å². The standard InChI is InChI=1S/C11H22N2O2S/c1-13(10-3-4-10)7-11(15)12-9(5-6-14)8-16-2/h9-10,14H,3-8H2,1-2H3,(H,12,15). The van der Waals surface area contributed by atoms with Crippen LogP contribution >= 0.6 is 11.8 Å². The summed E-state index contributed by atoms with van der Waals surface area (Å²) < 4.78 is 0. The Kier molecular flexibility index (Phi) is 6.16. The number of carbonyl (C=O) groups excluding carboxylic acids is 1. The number of thioether (sulfide) groups is 1. The molecule has 0 saturated heterocycles. The Morgan fingerprint density at radius 1 is 1.62 bits per heavy atom. The molecule has 0 aromatic rings. The first-order valence-corrected chi connectivity index (χ1v) is 7.16. The van der Waals surface area contributed by atoms with Crippen molar-refractivity contribution < 1.29 is 9.90 Å². The Morgan fingerprint density at radius 3 is 2.81 bits per heavy atom. The minimum absolute atomic E-state index is 0.0712. The van der Waals surface area contributed by atoms with E-state index in [2.05, 4.69) is 10.2 Å². The second-order valence-corrected chi connectivity index (χ2v) is 5.29. The second-order valence-electron chi connectivity index (χ2n) is 4.38. The highest BCUT2D eigenvalue weighted by atomic mass is 32.2. The highest BCUT2D eigenvalue weighted by Gasteiger charge is 2.27. The summed E-state index contributed by atoms with van der Waals surface area (Å²) in [5, 5.41) is 11.9. The Bertz CT molecular complexity index is 216. The summed E-state index contributed by atoms with van der Waals surface area (Å²) in [5.41, 5.74) is 0. The van der Waals surface area contributed by atoms with Crippen molar-refractivity contribution in [2.24, 2.45) is 0 Å². The lowest BCUT2D eigenvalue weighted by Gasteiger charge is -2.20. The lowest BCUT2D eigenvalue weighted by atomic mass is 10.2. The molecule has 16 heavy (non-hydrogen) atoms. The van der Waals surface area contributed by atoms with Crippen LogP contribution in [0.2, 0.25) is 0 Å². The molecule has 0 spiro atoms. The predicted molar refractivity (Wildman–Crippen MR) is 67.7 cm³/mol. The van der Waals surface area contributed by atoms with Gasteiger partial charge in [-0.25, -0.2) is 0 Å². The lowest BCUT2D eigenvalue weighted by Crippen LogP contribution is -2.43. The third-order valence-corrected chi connectivity index (χ3v) is 3.51. The molecule has 1 aliphatic carbocycles. The molecular formula is C11H22N2O2S. The van der Waals surface area contributed by atoms with Crippen LogP contribution < -0.4 is 5.32 Å². The number of aliphatic hydroxyl groups is 1. The van der Waals surface area contributed by atoms with Crippen LogP contribution in [0.25, 0.3) is 0 Å². The van der Waals surface area contributed by atoms with E-state index in [1.807, 2.05) is 13.3 Å². The minimum atomic E-state index is 0.0712. The van der Waals surface area contributed by atoms with E-state index >= 15 is 0 Å². The van der Waals surface area contributed by atoms with Gasteiger partial charge in [0, 0.05) is 24.4 Å². The van der Waals surface area contributed by atoms with Gasteiger partial charge in [0.25, 0.3) is 0 Å². The third kappa shape index (κ3) is 5.18. The fourth-order valence-electron chi connectivity index (χ4n) is 1.70. The van der Waals surface area contributed by atoms with Gasteiger partial charge in [0.05, 0.1) is 6.54 Å². The van der Waals surface area contributed by atoms with E-state index in [0.717, 1.165) is 5.75 Å². The van der Waals surface area contributed by atoms with Crippen molar-refractivity contribution in [1.29, 1.82) is 0 Å². The molecule has 94 valence electrons. The molecule has 1 saturated carbocycles. The minimum Gasteiger partial charge on any atom is -0.396 e. The van der Waals surface area contributed by atoms with Gasteiger partial charge in [-0.3, -0.25) is 9.69 Å². The van der Waals surface area contributed by atoms with Crippen molar-refractivity contribution in [3.05, 3.63) is 0 Å². The number of nitrogens with zero attached hydrogens (tertiary/aromatic N) is 1. The van der Waals surface area contributed by atoms with Gasteiger partial charge in [0.1, 0.15) is 0 Å². The van der Waals surface area contributed by atoms with Gasteiger partial charge in [-0.05, 0) is 32.6 Å². The van der Waals surface area contributed by atoms with Crippen LogP contribution in [0.15, 0.2) is 0 Å². The first-order valence-electron chi connectivity index (χ1n) is 5.76. The molecule has 1 fully saturated rings. The number of rotatable bonds is 8. The maximum Gasteiger partial charge on any atom is 0.234 e. The van der Waals surface area contributed by atoms with E-state index in [0.29, 0.717) is 19.0 Å². The average molecular weight is 246 g/mol. The van der Waals surface area contributed by atoms with E-state index in [9.17, 15) is 4.79 Å². The van der Waals surface area contributed by atoms with E-state index < -0.39 is 0 Å². The van der Waals surface area contributed by atoms with Crippen molar-refractivity contribution in [3.63, 3.8) is 0 Å². The van der Waals surface area contributed by atoms with Crippen LogP contribution in [-0.2, 0) is 4.79 Å². The summed E-state index contributed by atoms with van der Waals surface area (Å²) in [6.07, 6.45) is 5.08. The van der Waals surface area contributed by atoms with Crippen molar-refractivity contribution in [3.8, 4) is 0 Å². The average Bonchev–Trinajstić information content (AvgIpc) is 3.01. The number of aliphatic hydroxyl groups excluding tert-OH is 1. The molecule has 1 rings (SSSR count). The van der Waals surface area contributed by atoms with E-state index in [4.69, 9.17) is 5.11 Å². The second kappa shape index (κ2) is 7.14. The Balaban J connectivity index is 2.23. The fraction of sp³-hybridized carbons (Fsp3) is 0.909. The number of carbonyl (C=O) groups is 1. The first kappa shape index (κ1) is 13.8. The lowest BCUT2D eigenvalue weighted by molar-refractivity contribution is -0.122. The number of hydrogen-bond acceptors (Lipinski definition) is 4. The Labute approximate surface area is 102 Å². The molecule has 0 aromatic heterocycles. The fourth-order valence-corrected chi connectivity index (χ4v) is 2.35. The topological polar surface area (TPSA) is 52.6 Å². The molecule has 1 aliphatic rings. The SMILES string of the molecule is CSCC(CCO)NC(=O)CN(C)C1CC1. The van der Waals surface area contributed by atoms with Crippen molar-refractivity contribution in [1.82, 2.24) is 10.2 Å². The Morgan fingerprint density at radius 2 is 2.31 bits per heavy atom. The molecule has 4 nitrogen and oxygen atoms in total. The zero-order valence-electron chi connectivity index (χ0n) is 10.1. The zero-order valence-corrected chi connectivity index (χ0v) is 10.9. The van der Waals surface area contributed by atoms with Gasteiger partial charge in [-0.2, -0.15) is 11.8 Å². The van der Waals surface area contributed by atoms with Crippen LogP contribution in [-0.4, -0.2) is 60.2 Å². The van der Waals surface area contributed by atoms with Crippen LogP contribution in [0.3, 0.4) is 0 Å². The quantitative estimate of drug-likeness (QED) is 0.647. The van der Waals surface area contributed by atoms with Gasteiger partial charge < -0.3 is 10.4 Å². The first-order chi connectivity index (χ1) is 7.67. The molecule has 5 heteroatoms. The number of likely N-dealkylation sites (N-methyl/N-ethyl adjacent to an activating group) is 1. The summed E-state index contributed by atoms with van der Waals surface area (Å²) in [5.74, 6) is 0.932. The number of hydrogen-bond donors (Lipinski definition) is 2. The van der Waals surface area contributed by atoms with Crippen molar-refractivity contribution in [2.75, 3.05) is 32.2 Å². The highest BCUT2D eigenvalue weighted by molar-refractivity contribution is 7.98. The van der Waals surface area contributed by atoms with Crippen LogP contribution in [0.4, 0.5) is 0 Å². The van der Waals surface area contributed by atoms with Crippen molar-refractivity contribution in [2.45, 2.75) is 31.3 Å². The molecule has 1 amide bonds.